The molecule has 0 aliphatic heterocycles. The Balaban J connectivity index is 1.73. The summed E-state index contributed by atoms with van der Waals surface area (Å²) in [7, 11) is 0. The molecule has 176 valence electrons. The molecule has 0 atom stereocenters. The van der Waals surface area contributed by atoms with Crippen LogP contribution in [0, 0.1) is 30.3 Å². The van der Waals surface area contributed by atoms with E-state index in [1.54, 1.807) is 0 Å². The molecule has 0 spiro atoms. The fourth-order valence-electron chi connectivity index (χ4n) is 2.80. The Kier molecular flexibility index (Phi) is 7.16. The van der Waals surface area contributed by atoms with E-state index < -0.39 is 49.3 Å². The normalized spacial score (nSPS) is 10.5. The maximum Gasteiger partial charge on any atom is 0.344 e. The van der Waals surface area contributed by atoms with Gasteiger partial charge >= 0.3 is 5.97 Å². The minimum atomic E-state index is -1.07. The number of nitrogens with zero attached hydrogens (tertiary/aromatic N) is 4. The second-order valence-corrected chi connectivity index (χ2v) is 6.69. The smallest absolute Gasteiger partial charge is 0.344 e. The molecule has 14 heteroatoms. The number of hydrogen-bond acceptors (Lipinski definition) is 10. The zero-order chi connectivity index (χ0) is 25.5. The van der Waals surface area contributed by atoms with Crippen molar-refractivity contribution >= 4 is 35.2 Å². The molecular weight excluding hydrogens is 466 g/mol. The van der Waals surface area contributed by atoms with E-state index in [0.29, 0.717) is 11.6 Å². The number of esters is 1. The molecule has 35 heavy (non-hydrogen) atoms. The maximum atomic E-state index is 12.4. The van der Waals surface area contributed by atoms with Gasteiger partial charge in [0.25, 0.3) is 23.0 Å². The molecule has 0 unspecified atom stereocenters. The summed E-state index contributed by atoms with van der Waals surface area (Å²) in [6.07, 6.45) is 1.18. The molecule has 0 heterocycles. The van der Waals surface area contributed by atoms with Gasteiger partial charge in [0.2, 0.25) is 0 Å². The molecule has 3 aromatic rings. The minimum Gasteiger partial charge on any atom is -0.423 e. The Morgan fingerprint density at radius 1 is 0.829 bits per heavy atom. The quantitative estimate of drug-likeness (QED) is 0.165. The van der Waals surface area contributed by atoms with Crippen LogP contribution < -0.4 is 10.2 Å². The van der Waals surface area contributed by atoms with Crippen molar-refractivity contribution < 1.29 is 29.1 Å². The van der Waals surface area contributed by atoms with Crippen LogP contribution in [-0.2, 0) is 0 Å². The SMILES string of the molecule is O=C(Oc1cccc(/C=N/NC(=O)c2ccccc2[N+](=O)[O-])c1)c1cc([N+](=O)[O-])cc([N+](=O)[O-])c1. The van der Waals surface area contributed by atoms with Gasteiger partial charge in [-0.2, -0.15) is 5.10 Å². The fourth-order valence-corrected chi connectivity index (χ4v) is 2.80. The summed E-state index contributed by atoms with van der Waals surface area (Å²) in [5.74, 6) is -1.91. The van der Waals surface area contributed by atoms with Crippen molar-refractivity contribution in [1.29, 1.82) is 0 Å². The first-order chi connectivity index (χ1) is 16.7. The molecule has 0 fully saturated rings. The summed E-state index contributed by atoms with van der Waals surface area (Å²) >= 11 is 0. The van der Waals surface area contributed by atoms with E-state index in [9.17, 15) is 39.9 Å². The summed E-state index contributed by atoms with van der Waals surface area (Å²) < 4.78 is 5.14. The molecule has 3 rings (SSSR count). The van der Waals surface area contributed by atoms with Gasteiger partial charge in [0, 0.05) is 18.2 Å². The van der Waals surface area contributed by atoms with Crippen molar-refractivity contribution in [2.45, 2.75) is 0 Å². The number of rotatable bonds is 8. The highest BCUT2D eigenvalue weighted by Crippen LogP contribution is 2.24. The van der Waals surface area contributed by atoms with Crippen LogP contribution >= 0.6 is 0 Å². The number of benzene rings is 3. The second-order valence-electron chi connectivity index (χ2n) is 6.69. The second kappa shape index (κ2) is 10.4. The highest BCUT2D eigenvalue weighted by Gasteiger charge is 2.21. The Labute approximate surface area is 194 Å². The first kappa shape index (κ1) is 24.1. The number of nitro groups is 3. The van der Waals surface area contributed by atoms with Crippen LogP contribution in [0.1, 0.15) is 26.3 Å². The summed E-state index contributed by atoms with van der Waals surface area (Å²) in [6, 6.07) is 13.4. The molecule has 0 radical (unpaired) electrons. The Hall–Kier alpha value is -5.53. The summed E-state index contributed by atoms with van der Waals surface area (Å²) in [6.45, 7) is 0. The monoisotopic (exact) mass is 479 g/mol. The number of ether oxygens (including phenoxy) is 1. The number of hydrogen-bond donors (Lipinski definition) is 1. The van der Waals surface area contributed by atoms with Crippen LogP contribution in [0.25, 0.3) is 0 Å². The highest BCUT2D eigenvalue weighted by atomic mass is 16.6. The number of carbonyl (C=O) groups excluding carboxylic acids is 2. The summed E-state index contributed by atoms with van der Waals surface area (Å²) in [5.41, 5.74) is 0.215. The Morgan fingerprint density at radius 3 is 2.11 bits per heavy atom. The van der Waals surface area contributed by atoms with Gasteiger partial charge in [-0.3, -0.25) is 35.1 Å². The van der Waals surface area contributed by atoms with Gasteiger partial charge < -0.3 is 4.74 Å². The molecule has 0 saturated carbocycles. The zero-order valence-corrected chi connectivity index (χ0v) is 17.4. The molecule has 0 aliphatic rings. The number of nitro benzene ring substituents is 3. The molecule has 1 amide bonds. The van der Waals surface area contributed by atoms with E-state index in [4.69, 9.17) is 4.74 Å². The maximum absolute atomic E-state index is 12.4. The number of hydrazone groups is 1. The molecule has 0 aromatic heterocycles. The third kappa shape index (κ3) is 6.04. The average molecular weight is 479 g/mol. The molecule has 14 nitrogen and oxygen atoms in total. The van der Waals surface area contributed by atoms with Crippen LogP contribution in [0.5, 0.6) is 5.75 Å². The minimum absolute atomic E-state index is 0.0156. The van der Waals surface area contributed by atoms with Gasteiger partial charge in [-0.15, -0.1) is 0 Å². The van der Waals surface area contributed by atoms with E-state index in [2.05, 4.69) is 10.5 Å². The van der Waals surface area contributed by atoms with E-state index >= 15 is 0 Å². The molecule has 3 aromatic carbocycles. The first-order valence-corrected chi connectivity index (χ1v) is 9.48. The van der Waals surface area contributed by atoms with Crippen molar-refractivity contribution in [3.8, 4) is 5.75 Å². The van der Waals surface area contributed by atoms with Gasteiger partial charge in [0.05, 0.1) is 32.6 Å². The lowest BCUT2D eigenvalue weighted by Crippen LogP contribution is -2.18. The molecule has 1 N–H and O–H groups in total. The predicted molar refractivity (Wildman–Crippen MR) is 119 cm³/mol. The van der Waals surface area contributed by atoms with Crippen LogP contribution in [0.2, 0.25) is 0 Å². The molecule has 0 bridgehead atoms. The van der Waals surface area contributed by atoms with Gasteiger partial charge in [-0.05, 0) is 23.8 Å². The molecular formula is C21H13N5O9. The van der Waals surface area contributed by atoms with Crippen molar-refractivity contribution in [3.05, 3.63) is 114 Å². The summed E-state index contributed by atoms with van der Waals surface area (Å²) in [5, 5.41) is 36.7. The number of nitrogens with one attached hydrogen (secondary N) is 1. The predicted octanol–water partition coefficient (Wildman–Crippen LogP) is 3.39. The largest absolute Gasteiger partial charge is 0.423 e. The van der Waals surface area contributed by atoms with E-state index in [0.717, 1.165) is 12.1 Å². The lowest BCUT2D eigenvalue weighted by Gasteiger charge is -2.05. The highest BCUT2D eigenvalue weighted by molar-refractivity contribution is 5.98. The van der Waals surface area contributed by atoms with Crippen molar-refractivity contribution in [3.63, 3.8) is 0 Å². The van der Waals surface area contributed by atoms with Crippen LogP contribution in [-0.4, -0.2) is 32.9 Å². The number of non-ortho nitro benzene ring substituents is 2. The van der Waals surface area contributed by atoms with E-state index in [1.807, 2.05) is 0 Å². The third-order valence-corrected chi connectivity index (χ3v) is 4.35. The van der Waals surface area contributed by atoms with Crippen LogP contribution in [0.3, 0.4) is 0 Å². The lowest BCUT2D eigenvalue weighted by molar-refractivity contribution is -0.394. The summed E-state index contributed by atoms with van der Waals surface area (Å²) in [4.78, 5) is 55.2. The van der Waals surface area contributed by atoms with Crippen LogP contribution in [0.4, 0.5) is 17.1 Å². The van der Waals surface area contributed by atoms with Gasteiger partial charge in [0.1, 0.15) is 11.3 Å². The van der Waals surface area contributed by atoms with Crippen molar-refractivity contribution in [1.82, 2.24) is 5.43 Å². The van der Waals surface area contributed by atoms with Crippen molar-refractivity contribution in [2.24, 2.45) is 5.10 Å². The number of amides is 1. The number of para-hydroxylation sites is 1. The van der Waals surface area contributed by atoms with Gasteiger partial charge in [-0.25, -0.2) is 10.2 Å². The number of carbonyl (C=O) groups is 2. The average Bonchev–Trinajstić information content (AvgIpc) is 2.83. The topological polar surface area (TPSA) is 197 Å². The van der Waals surface area contributed by atoms with Gasteiger partial charge in [0.15, 0.2) is 0 Å². The Bertz CT molecular complexity index is 1350. The van der Waals surface area contributed by atoms with E-state index in [-0.39, 0.29) is 11.3 Å². The third-order valence-electron chi connectivity index (χ3n) is 4.35. The zero-order valence-electron chi connectivity index (χ0n) is 17.4. The Morgan fingerprint density at radius 2 is 1.49 bits per heavy atom. The van der Waals surface area contributed by atoms with Crippen molar-refractivity contribution in [2.75, 3.05) is 0 Å². The van der Waals surface area contributed by atoms with E-state index in [1.165, 1.54) is 54.7 Å². The van der Waals surface area contributed by atoms with Gasteiger partial charge in [-0.1, -0.05) is 24.3 Å². The fraction of sp³-hybridized carbons (Fsp3) is 0. The molecule has 0 saturated heterocycles. The lowest BCUT2D eigenvalue weighted by atomic mass is 10.1. The van der Waals surface area contributed by atoms with Crippen LogP contribution in [0.15, 0.2) is 71.8 Å². The first-order valence-electron chi connectivity index (χ1n) is 9.48. The molecule has 0 aliphatic carbocycles. The standard InChI is InChI=1S/C21H13N5O9/c27-20(18-6-1-2-7-19(18)26(33)34)23-22-12-13-4-3-5-17(8-13)35-21(28)14-9-15(24(29)30)11-16(10-14)25(31)32/h1-12H,(H,23,27)/b22-12+.